The maximum atomic E-state index is 11.7. The number of carboxylic acids is 1. The lowest BCUT2D eigenvalue weighted by atomic mass is 10.1. The van der Waals surface area contributed by atoms with Crippen molar-refractivity contribution in [3.63, 3.8) is 0 Å². The summed E-state index contributed by atoms with van der Waals surface area (Å²) in [6.45, 7) is 3.30. The van der Waals surface area contributed by atoms with Gasteiger partial charge in [0.1, 0.15) is 17.4 Å². The van der Waals surface area contributed by atoms with Crippen molar-refractivity contribution in [2.45, 2.75) is 51.6 Å². The predicted molar refractivity (Wildman–Crippen MR) is 88.7 cm³/mol. The van der Waals surface area contributed by atoms with Crippen molar-refractivity contribution >= 4 is 17.9 Å². The summed E-state index contributed by atoms with van der Waals surface area (Å²) >= 11 is 0. The maximum Gasteiger partial charge on any atom is 0.339 e. The summed E-state index contributed by atoms with van der Waals surface area (Å²) in [5.41, 5.74) is -0.00210. The lowest BCUT2D eigenvalue weighted by Crippen LogP contribution is -2.47. The number of hydrogen-bond acceptors (Lipinski definition) is 7. The molecule has 1 aliphatic rings. The van der Waals surface area contributed by atoms with Crippen LogP contribution >= 0.6 is 0 Å². The molecular weight excluding hydrogens is 344 g/mol. The van der Waals surface area contributed by atoms with Gasteiger partial charge in [-0.2, -0.15) is 0 Å². The molecule has 26 heavy (non-hydrogen) atoms. The van der Waals surface area contributed by atoms with Crippen LogP contribution in [0.1, 0.15) is 43.5 Å². The number of hydrogen-bond donors (Lipinski definition) is 1. The van der Waals surface area contributed by atoms with Crippen molar-refractivity contribution in [2.24, 2.45) is 0 Å². The van der Waals surface area contributed by atoms with Gasteiger partial charge in [0, 0.05) is 12.8 Å². The van der Waals surface area contributed by atoms with Crippen LogP contribution in [0.2, 0.25) is 0 Å². The smallest absolute Gasteiger partial charge is 0.339 e. The largest absolute Gasteiger partial charge is 0.478 e. The molecule has 1 heterocycles. The minimum Gasteiger partial charge on any atom is -0.478 e. The Morgan fingerprint density at radius 2 is 1.69 bits per heavy atom. The van der Waals surface area contributed by atoms with Gasteiger partial charge < -0.3 is 24.1 Å². The Labute approximate surface area is 151 Å². The van der Waals surface area contributed by atoms with Crippen molar-refractivity contribution < 1.29 is 38.4 Å². The Kier molecular flexibility index (Phi) is 6.97. The zero-order chi connectivity index (χ0) is 19.1. The summed E-state index contributed by atoms with van der Waals surface area (Å²) < 4.78 is 21.8. The quantitative estimate of drug-likeness (QED) is 0.731. The SMILES string of the molecule is CCC(=O)O[C@H]1CO[C@@H](Oc2ccccc2C(=O)O)C[C@H]1OC(=O)CC. The van der Waals surface area contributed by atoms with Crippen LogP contribution < -0.4 is 4.74 Å². The molecule has 1 aliphatic heterocycles. The second-order valence-electron chi connectivity index (χ2n) is 5.68. The molecule has 1 aromatic rings. The Morgan fingerprint density at radius 3 is 2.31 bits per heavy atom. The first kappa shape index (κ1) is 19.7. The van der Waals surface area contributed by atoms with Gasteiger partial charge in [0.05, 0.1) is 13.0 Å². The van der Waals surface area contributed by atoms with E-state index in [0.717, 1.165) is 0 Å². The number of carbonyl (C=O) groups is 3. The van der Waals surface area contributed by atoms with Crippen LogP contribution in [0.4, 0.5) is 0 Å². The first-order valence-electron chi connectivity index (χ1n) is 8.44. The number of benzene rings is 1. The third-order valence-corrected chi connectivity index (χ3v) is 3.80. The van der Waals surface area contributed by atoms with Crippen molar-refractivity contribution in [2.75, 3.05) is 6.61 Å². The highest BCUT2D eigenvalue weighted by Gasteiger charge is 2.37. The minimum absolute atomic E-state index is 0.00210. The summed E-state index contributed by atoms with van der Waals surface area (Å²) in [6.07, 6.45) is -1.81. The molecule has 0 amide bonds. The highest BCUT2D eigenvalue weighted by molar-refractivity contribution is 5.90. The number of carbonyl (C=O) groups excluding carboxylic acids is 2. The first-order chi connectivity index (χ1) is 12.4. The third-order valence-electron chi connectivity index (χ3n) is 3.80. The molecule has 1 N–H and O–H groups in total. The summed E-state index contributed by atoms with van der Waals surface area (Å²) in [4.78, 5) is 34.5. The lowest BCUT2D eigenvalue weighted by molar-refractivity contribution is -0.212. The Bertz CT molecular complexity index is 656. The van der Waals surface area contributed by atoms with Crippen molar-refractivity contribution in [1.82, 2.24) is 0 Å². The number of carboxylic acid groups (broad SMARTS) is 1. The van der Waals surface area contributed by atoms with Crippen molar-refractivity contribution in [3.05, 3.63) is 29.8 Å². The molecule has 0 bridgehead atoms. The molecular formula is C18H22O8. The molecule has 8 heteroatoms. The van der Waals surface area contributed by atoms with E-state index in [0.29, 0.717) is 0 Å². The summed E-state index contributed by atoms with van der Waals surface area (Å²) in [7, 11) is 0. The number of aromatic carboxylic acids is 1. The fourth-order valence-corrected chi connectivity index (χ4v) is 2.43. The molecule has 2 rings (SSSR count). The van der Waals surface area contributed by atoms with E-state index < -0.39 is 36.4 Å². The molecule has 0 unspecified atom stereocenters. The first-order valence-corrected chi connectivity index (χ1v) is 8.44. The molecule has 0 spiro atoms. The highest BCUT2D eigenvalue weighted by atomic mass is 16.7. The Balaban J connectivity index is 2.09. The molecule has 1 fully saturated rings. The number of esters is 2. The van der Waals surface area contributed by atoms with Crippen LogP contribution in [-0.2, 0) is 23.8 Å². The van der Waals surface area contributed by atoms with Crippen LogP contribution in [-0.4, -0.2) is 48.1 Å². The summed E-state index contributed by atoms with van der Waals surface area (Å²) in [5.74, 6) is -1.83. The molecule has 0 saturated carbocycles. The van der Waals surface area contributed by atoms with Crippen LogP contribution in [0.3, 0.4) is 0 Å². The van der Waals surface area contributed by atoms with E-state index >= 15 is 0 Å². The van der Waals surface area contributed by atoms with E-state index in [1.807, 2.05) is 0 Å². The van der Waals surface area contributed by atoms with Gasteiger partial charge in [-0.15, -0.1) is 0 Å². The summed E-state index contributed by atoms with van der Waals surface area (Å²) in [5, 5.41) is 9.22. The monoisotopic (exact) mass is 366 g/mol. The van der Waals surface area contributed by atoms with E-state index in [2.05, 4.69) is 0 Å². The number of para-hydroxylation sites is 1. The van der Waals surface area contributed by atoms with E-state index in [-0.39, 0.29) is 37.2 Å². The standard InChI is InChI=1S/C18H22O8/c1-3-15(19)24-13-9-17(23-10-14(13)25-16(20)4-2)26-12-8-6-5-7-11(12)18(21)22/h5-8,13-14,17H,3-4,9-10H2,1-2H3,(H,21,22)/t13-,14+,17+/m1/s1. The number of rotatable bonds is 7. The molecule has 8 nitrogen and oxygen atoms in total. The van der Waals surface area contributed by atoms with Gasteiger partial charge in [-0.25, -0.2) is 4.79 Å². The topological polar surface area (TPSA) is 108 Å². The molecule has 142 valence electrons. The second kappa shape index (κ2) is 9.19. The van der Waals surface area contributed by atoms with E-state index in [1.54, 1.807) is 26.0 Å². The predicted octanol–water partition coefficient (Wildman–Crippen LogP) is 2.15. The van der Waals surface area contributed by atoms with Gasteiger partial charge in [0.15, 0.2) is 6.10 Å². The van der Waals surface area contributed by atoms with Gasteiger partial charge in [-0.05, 0) is 12.1 Å². The van der Waals surface area contributed by atoms with Crippen LogP contribution in [0, 0.1) is 0 Å². The van der Waals surface area contributed by atoms with Crippen LogP contribution in [0.15, 0.2) is 24.3 Å². The maximum absolute atomic E-state index is 11.7. The highest BCUT2D eigenvalue weighted by Crippen LogP contribution is 2.26. The van der Waals surface area contributed by atoms with Gasteiger partial charge in [-0.1, -0.05) is 26.0 Å². The molecule has 1 aromatic carbocycles. The molecule has 0 aromatic heterocycles. The van der Waals surface area contributed by atoms with Crippen LogP contribution in [0.25, 0.3) is 0 Å². The van der Waals surface area contributed by atoms with Crippen molar-refractivity contribution in [3.8, 4) is 5.75 Å². The van der Waals surface area contributed by atoms with Gasteiger partial charge in [0.2, 0.25) is 6.29 Å². The molecule has 3 atom stereocenters. The Morgan fingerprint density at radius 1 is 1.08 bits per heavy atom. The second-order valence-corrected chi connectivity index (χ2v) is 5.68. The van der Waals surface area contributed by atoms with E-state index in [4.69, 9.17) is 18.9 Å². The normalized spacial score (nSPS) is 22.3. The van der Waals surface area contributed by atoms with Gasteiger partial charge >= 0.3 is 17.9 Å². The zero-order valence-electron chi connectivity index (χ0n) is 14.7. The van der Waals surface area contributed by atoms with Crippen LogP contribution in [0.5, 0.6) is 5.75 Å². The average Bonchev–Trinajstić information content (AvgIpc) is 2.63. The lowest BCUT2D eigenvalue weighted by Gasteiger charge is -2.35. The van der Waals surface area contributed by atoms with Gasteiger partial charge in [0.25, 0.3) is 0 Å². The average molecular weight is 366 g/mol. The number of ether oxygens (including phenoxy) is 4. The minimum atomic E-state index is -1.12. The van der Waals surface area contributed by atoms with Crippen molar-refractivity contribution in [1.29, 1.82) is 0 Å². The molecule has 0 radical (unpaired) electrons. The van der Waals surface area contributed by atoms with E-state index in [1.165, 1.54) is 12.1 Å². The fourth-order valence-electron chi connectivity index (χ4n) is 2.43. The fraction of sp³-hybridized carbons (Fsp3) is 0.500. The van der Waals surface area contributed by atoms with Gasteiger partial charge in [-0.3, -0.25) is 9.59 Å². The Hall–Kier alpha value is -2.61. The molecule has 1 saturated heterocycles. The molecule has 0 aliphatic carbocycles. The third kappa shape index (κ3) is 5.19. The van der Waals surface area contributed by atoms with E-state index in [9.17, 15) is 19.5 Å². The summed E-state index contributed by atoms with van der Waals surface area (Å²) in [6, 6.07) is 6.17. The zero-order valence-corrected chi connectivity index (χ0v) is 14.7.